The van der Waals surface area contributed by atoms with Gasteiger partial charge in [0.05, 0.1) is 5.52 Å². The predicted octanol–water partition coefficient (Wildman–Crippen LogP) is 12.1. The van der Waals surface area contributed by atoms with Gasteiger partial charge in [0, 0.05) is 44.3 Å². The molecule has 1 aromatic heterocycles. The van der Waals surface area contributed by atoms with Crippen LogP contribution in [-0.2, 0) is 5.41 Å². The number of nitrogens with zero attached hydrogens (tertiary/aromatic N) is 1. The third-order valence-electron chi connectivity index (χ3n) is 10.2. The number of H-pyrrole nitrogens is 1. The van der Waals surface area contributed by atoms with E-state index in [2.05, 4.69) is 188 Å². The Morgan fingerprint density at radius 2 is 1.11 bits per heavy atom. The lowest BCUT2D eigenvalue weighted by Gasteiger charge is -2.31. The Bertz CT molecular complexity index is 2420. The summed E-state index contributed by atoms with van der Waals surface area (Å²) in [5.41, 5.74) is 15.7. The van der Waals surface area contributed by atoms with Crippen LogP contribution in [-0.4, -0.2) is 4.98 Å². The van der Waals surface area contributed by atoms with Crippen LogP contribution in [0.5, 0.6) is 0 Å². The zero-order chi connectivity index (χ0) is 31.5. The Morgan fingerprint density at radius 3 is 1.89 bits per heavy atom. The highest BCUT2D eigenvalue weighted by Crippen LogP contribution is 2.55. The lowest BCUT2D eigenvalue weighted by Crippen LogP contribution is -2.23. The molecule has 9 rings (SSSR count). The highest BCUT2D eigenvalue weighted by Gasteiger charge is 2.41. The Morgan fingerprint density at radius 1 is 0.489 bits per heavy atom. The standard InChI is InChI=1S/C45H34N2/c1-30-20-23-34(24-21-30)47(33-14-7-4-8-15-33)35-25-27-38-37-26-22-31(28-41(37)45(2,42(38)29-35)32-12-5-3-6-13-32)36-17-11-18-40-39-16-9-10-19-43(39)46-44(36)40/h3-29,46H,1-2H3. The minimum absolute atomic E-state index is 0.345. The smallest absolute Gasteiger partial charge is 0.0544 e. The molecule has 47 heavy (non-hydrogen) atoms. The van der Waals surface area contributed by atoms with Gasteiger partial charge in [0.25, 0.3) is 0 Å². The highest BCUT2D eigenvalue weighted by molar-refractivity contribution is 6.12. The molecule has 224 valence electrons. The molecule has 0 bridgehead atoms. The van der Waals surface area contributed by atoms with Crippen LogP contribution in [0.25, 0.3) is 44.1 Å². The molecule has 1 aliphatic carbocycles. The fourth-order valence-electron chi connectivity index (χ4n) is 7.74. The Labute approximate surface area is 275 Å². The van der Waals surface area contributed by atoms with Gasteiger partial charge in [-0.3, -0.25) is 0 Å². The summed E-state index contributed by atoms with van der Waals surface area (Å²) < 4.78 is 0. The van der Waals surface area contributed by atoms with Gasteiger partial charge in [-0.2, -0.15) is 0 Å². The Hall–Kier alpha value is -5.86. The van der Waals surface area contributed by atoms with E-state index in [4.69, 9.17) is 0 Å². The van der Waals surface area contributed by atoms with Gasteiger partial charge in [-0.15, -0.1) is 0 Å². The van der Waals surface area contributed by atoms with E-state index in [-0.39, 0.29) is 5.41 Å². The SMILES string of the molecule is Cc1ccc(N(c2ccccc2)c2ccc3c(c2)C(C)(c2ccccc2)c2cc(-c4cccc5c4[nH]c4ccccc45)ccc2-3)cc1. The van der Waals surface area contributed by atoms with Crippen LogP contribution in [0.1, 0.15) is 29.2 Å². The molecule has 1 heterocycles. The molecule has 1 N–H and O–H groups in total. The van der Waals surface area contributed by atoms with E-state index >= 15 is 0 Å². The van der Waals surface area contributed by atoms with Crippen molar-refractivity contribution in [2.24, 2.45) is 0 Å². The van der Waals surface area contributed by atoms with Crippen molar-refractivity contribution in [1.29, 1.82) is 0 Å². The van der Waals surface area contributed by atoms with Gasteiger partial charge in [0.15, 0.2) is 0 Å². The van der Waals surface area contributed by atoms with Crippen molar-refractivity contribution < 1.29 is 0 Å². The molecule has 0 aliphatic heterocycles. The fraction of sp³-hybridized carbons (Fsp3) is 0.0667. The maximum absolute atomic E-state index is 3.73. The van der Waals surface area contributed by atoms with Crippen LogP contribution in [0, 0.1) is 6.92 Å². The molecule has 0 spiro atoms. The molecule has 0 saturated carbocycles. The Kier molecular flexibility index (Phi) is 6.20. The van der Waals surface area contributed by atoms with Crippen molar-refractivity contribution in [3.05, 3.63) is 186 Å². The summed E-state index contributed by atoms with van der Waals surface area (Å²) in [4.78, 5) is 6.10. The second-order valence-corrected chi connectivity index (χ2v) is 12.9. The summed E-state index contributed by atoms with van der Waals surface area (Å²) in [6.45, 7) is 4.55. The lowest BCUT2D eigenvalue weighted by molar-refractivity contribution is 0.714. The fourth-order valence-corrected chi connectivity index (χ4v) is 7.74. The van der Waals surface area contributed by atoms with Crippen LogP contribution < -0.4 is 4.90 Å². The van der Waals surface area contributed by atoms with Crippen LogP contribution in [0.3, 0.4) is 0 Å². The number of nitrogens with one attached hydrogen (secondary N) is 1. The summed E-state index contributed by atoms with van der Waals surface area (Å²) in [6.07, 6.45) is 0. The second-order valence-electron chi connectivity index (χ2n) is 12.9. The number of aromatic amines is 1. The number of anilines is 3. The molecular formula is C45H34N2. The number of para-hydroxylation sites is 3. The number of hydrogen-bond donors (Lipinski definition) is 1. The van der Waals surface area contributed by atoms with Gasteiger partial charge in [0.2, 0.25) is 0 Å². The van der Waals surface area contributed by atoms with Crippen LogP contribution in [0.2, 0.25) is 0 Å². The number of hydrogen-bond acceptors (Lipinski definition) is 1. The van der Waals surface area contributed by atoms with Crippen molar-refractivity contribution in [1.82, 2.24) is 4.98 Å². The zero-order valence-electron chi connectivity index (χ0n) is 26.5. The molecule has 7 aromatic carbocycles. The van der Waals surface area contributed by atoms with Gasteiger partial charge >= 0.3 is 0 Å². The van der Waals surface area contributed by atoms with Crippen molar-refractivity contribution in [3.63, 3.8) is 0 Å². The first kappa shape index (κ1) is 27.5. The first-order chi connectivity index (χ1) is 23.1. The molecule has 0 fully saturated rings. The summed E-state index contributed by atoms with van der Waals surface area (Å²) >= 11 is 0. The van der Waals surface area contributed by atoms with Crippen LogP contribution in [0.4, 0.5) is 17.1 Å². The highest BCUT2D eigenvalue weighted by atomic mass is 15.1. The summed E-state index contributed by atoms with van der Waals surface area (Å²) in [6, 6.07) is 59.9. The van der Waals surface area contributed by atoms with E-state index in [0.29, 0.717) is 0 Å². The van der Waals surface area contributed by atoms with Gasteiger partial charge < -0.3 is 9.88 Å². The number of rotatable bonds is 5. The molecular weight excluding hydrogens is 569 g/mol. The summed E-state index contributed by atoms with van der Waals surface area (Å²) in [7, 11) is 0. The van der Waals surface area contributed by atoms with E-state index in [1.807, 2.05) is 0 Å². The number of aryl methyl sites for hydroxylation is 1. The van der Waals surface area contributed by atoms with Crippen LogP contribution in [0.15, 0.2) is 164 Å². The maximum Gasteiger partial charge on any atom is 0.0544 e. The van der Waals surface area contributed by atoms with E-state index in [0.717, 1.165) is 17.1 Å². The molecule has 2 heteroatoms. The largest absolute Gasteiger partial charge is 0.354 e. The average molecular weight is 603 g/mol. The molecule has 1 aliphatic rings. The minimum Gasteiger partial charge on any atom is -0.354 e. The third-order valence-corrected chi connectivity index (χ3v) is 10.2. The van der Waals surface area contributed by atoms with Crippen molar-refractivity contribution >= 4 is 38.9 Å². The van der Waals surface area contributed by atoms with E-state index in [9.17, 15) is 0 Å². The molecule has 1 atom stereocenters. The molecule has 0 saturated heterocycles. The summed E-state index contributed by atoms with van der Waals surface area (Å²) in [5, 5.41) is 2.52. The molecule has 8 aromatic rings. The quantitative estimate of drug-likeness (QED) is 0.208. The van der Waals surface area contributed by atoms with E-state index < -0.39 is 0 Å². The number of aromatic nitrogens is 1. The Balaban J connectivity index is 1.25. The molecule has 0 radical (unpaired) electrons. The molecule has 2 nitrogen and oxygen atoms in total. The predicted molar refractivity (Wildman–Crippen MR) is 198 cm³/mol. The average Bonchev–Trinajstić information content (AvgIpc) is 3.63. The maximum atomic E-state index is 3.73. The molecule has 0 amide bonds. The minimum atomic E-state index is -0.345. The second kappa shape index (κ2) is 10.6. The van der Waals surface area contributed by atoms with Gasteiger partial charge in [-0.25, -0.2) is 0 Å². The zero-order valence-corrected chi connectivity index (χ0v) is 26.5. The van der Waals surface area contributed by atoms with Gasteiger partial charge in [-0.05, 0) is 95.8 Å². The van der Waals surface area contributed by atoms with Gasteiger partial charge in [-0.1, -0.05) is 121 Å². The summed E-state index contributed by atoms with van der Waals surface area (Å²) in [5.74, 6) is 0. The first-order valence-electron chi connectivity index (χ1n) is 16.4. The van der Waals surface area contributed by atoms with Crippen molar-refractivity contribution in [3.8, 4) is 22.3 Å². The van der Waals surface area contributed by atoms with E-state index in [1.165, 1.54) is 66.3 Å². The van der Waals surface area contributed by atoms with E-state index in [1.54, 1.807) is 0 Å². The first-order valence-corrected chi connectivity index (χ1v) is 16.4. The van der Waals surface area contributed by atoms with Gasteiger partial charge in [0.1, 0.15) is 0 Å². The lowest BCUT2D eigenvalue weighted by atomic mass is 9.73. The molecule has 1 unspecified atom stereocenters. The van der Waals surface area contributed by atoms with Crippen molar-refractivity contribution in [2.45, 2.75) is 19.3 Å². The van der Waals surface area contributed by atoms with Crippen LogP contribution >= 0.6 is 0 Å². The number of benzene rings is 7. The third kappa shape index (κ3) is 4.26. The normalized spacial score (nSPS) is 15.1. The topological polar surface area (TPSA) is 19.0 Å². The monoisotopic (exact) mass is 602 g/mol. The number of fused-ring (bicyclic) bond motifs is 6. The van der Waals surface area contributed by atoms with Crippen molar-refractivity contribution in [2.75, 3.05) is 4.90 Å².